The lowest BCUT2D eigenvalue weighted by atomic mass is 9.96. The van der Waals surface area contributed by atoms with Crippen molar-refractivity contribution in [2.75, 3.05) is 27.2 Å². The summed E-state index contributed by atoms with van der Waals surface area (Å²) in [7, 11) is 5.11. The second-order valence-electron chi connectivity index (χ2n) is 8.62. The summed E-state index contributed by atoms with van der Waals surface area (Å²) in [5, 5.41) is 0. The molecule has 0 saturated carbocycles. The molecule has 0 N–H and O–H groups in total. The lowest BCUT2D eigenvalue weighted by molar-refractivity contribution is 0.346. The predicted molar refractivity (Wildman–Crippen MR) is 127 cm³/mol. The zero-order valence-corrected chi connectivity index (χ0v) is 19.4. The van der Waals surface area contributed by atoms with Gasteiger partial charge in [0.2, 0.25) is 5.69 Å². The van der Waals surface area contributed by atoms with Crippen LogP contribution in [0, 0.1) is 18.2 Å². The van der Waals surface area contributed by atoms with Gasteiger partial charge >= 0.3 is 0 Å². The molecular weight excluding hydrogens is 438 g/mol. The smallest absolute Gasteiger partial charge is 0.261 e. The van der Waals surface area contributed by atoms with Crippen LogP contribution in [0.5, 0.6) is 5.75 Å². The number of benzene rings is 2. The predicted octanol–water partition coefficient (Wildman–Crippen LogP) is 5.15. The minimum absolute atomic E-state index is 0.0572. The maximum absolute atomic E-state index is 14.6. The number of ether oxygens (including phenoxy) is 1. The lowest BCUT2D eigenvalue weighted by Gasteiger charge is -2.21. The van der Waals surface area contributed by atoms with Gasteiger partial charge in [0, 0.05) is 18.5 Å². The molecule has 3 aromatic rings. The van der Waals surface area contributed by atoms with Crippen molar-refractivity contribution in [3.8, 4) is 28.1 Å². The van der Waals surface area contributed by atoms with Gasteiger partial charge < -0.3 is 9.64 Å². The van der Waals surface area contributed by atoms with E-state index in [4.69, 9.17) is 16.3 Å². The van der Waals surface area contributed by atoms with Gasteiger partial charge in [-0.25, -0.2) is 18.6 Å². The summed E-state index contributed by atoms with van der Waals surface area (Å²) in [4.78, 5) is 24.0. The summed E-state index contributed by atoms with van der Waals surface area (Å²) in [5.41, 5.74) is 0.682. The Bertz CT molecular complexity index is 1330. The molecule has 176 valence electrons. The molecule has 6 nitrogen and oxygen atoms in total. The van der Waals surface area contributed by atoms with Crippen LogP contribution in [0.2, 0.25) is 0 Å². The van der Waals surface area contributed by atoms with Gasteiger partial charge in [-0.2, -0.15) is 0 Å². The van der Waals surface area contributed by atoms with Gasteiger partial charge in [0.05, 0.1) is 24.9 Å². The van der Waals surface area contributed by atoms with Crippen LogP contribution in [0.1, 0.15) is 31.0 Å². The quantitative estimate of drug-likeness (QED) is 0.501. The maximum Gasteiger partial charge on any atom is 0.261 e. The molecule has 8 heteroatoms. The molecular formula is C26H26F2N4O2. The molecule has 0 radical (unpaired) electrons. The highest BCUT2D eigenvalue weighted by Crippen LogP contribution is 2.35. The Balaban J connectivity index is 1.96. The van der Waals surface area contributed by atoms with E-state index in [9.17, 15) is 13.6 Å². The van der Waals surface area contributed by atoms with Crippen molar-refractivity contribution >= 4 is 5.69 Å². The van der Waals surface area contributed by atoms with E-state index in [2.05, 4.69) is 16.8 Å². The lowest BCUT2D eigenvalue weighted by Crippen LogP contribution is -2.27. The maximum atomic E-state index is 14.6. The molecule has 4 rings (SSSR count). The van der Waals surface area contributed by atoms with E-state index in [1.165, 1.54) is 35.9 Å². The average Bonchev–Trinajstić information content (AvgIpc) is 3.04. The van der Waals surface area contributed by atoms with Crippen LogP contribution in [-0.2, 0) is 7.05 Å². The summed E-state index contributed by atoms with van der Waals surface area (Å²) >= 11 is 0. The fourth-order valence-electron chi connectivity index (χ4n) is 4.52. The number of likely N-dealkylation sites (tertiary alicyclic amines) is 1. The van der Waals surface area contributed by atoms with Crippen molar-refractivity contribution in [3.05, 3.63) is 75.6 Å². The summed E-state index contributed by atoms with van der Waals surface area (Å²) in [6.45, 7) is 8.98. The van der Waals surface area contributed by atoms with E-state index in [0.29, 0.717) is 17.0 Å². The Morgan fingerprint density at radius 1 is 1.06 bits per heavy atom. The summed E-state index contributed by atoms with van der Waals surface area (Å²) in [6, 6.07) is 8.43. The molecule has 1 unspecified atom stereocenters. The molecule has 1 fully saturated rings. The van der Waals surface area contributed by atoms with E-state index < -0.39 is 11.6 Å². The molecule has 0 spiro atoms. The SMILES string of the molecule is [C-]#[N+]c1ccc(-c2nc(C3CCCN(C)CC3)n(C)c(=O)c2-c2ccc(OC)c(F)c2)cc1F. The second kappa shape index (κ2) is 9.74. The van der Waals surface area contributed by atoms with Crippen LogP contribution >= 0.6 is 0 Å². The number of aromatic nitrogens is 2. The monoisotopic (exact) mass is 464 g/mol. The van der Waals surface area contributed by atoms with Crippen molar-refractivity contribution in [1.29, 1.82) is 0 Å². The first kappa shape index (κ1) is 23.6. The van der Waals surface area contributed by atoms with E-state index in [-0.39, 0.29) is 34.2 Å². The number of hydrogen-bond acceptors (Lipinski definition) is 4. The Morgan fingerprint density at radius 2 is 1.79 bits per heavy atom. The van der Waals surface area contributed by atoms with Crippen molar-refractivity contribution in [2.45, 2.75) is 25.2 Å². The normalized spacial score (nSPS) is 16.6. The molecule has 1 atom stereocenters. The van der Waals surface area contributed by atoms with E-state index in [0.717, 1.165) is 32.4 Å². The van der Waals surface area contributed by atoms with Crippen molar-refractivity contribution in [3.63, 3.8) is 0 Å². The van der Waals surface area contributed by atoms with Crippen LogP contribution in [-0.4, -0.2) is 41.7 Å². The highest BCUT2D eigenvalue weighted by Gasteiger charge is 2.25. The highest BCUT2D eigenvalue weighted by atomic mass is 19.1. The first-order valence-corrected chi connectivity index (χ1v) is 11.1. The number of nitrogens with zero attached hydrogens (tertiary/aromatic N) is 4. The largest absolute Gasteiger partial charge is 0.494 e. The molecule has 2 heterocycles. The molecule has 0 amide bonds. The first-order chi connectivity index (χ1) is 16.3. The van der Waals surface area contributed by atoms with E-state index >= 15 is 0 Å². The van der Waals surface area contributed by atoms with Crippen molar-refractivity contribution in [2.24, 2.45) is 7.05 Å². The summed E-state index contributed by atoms with van der Waals surface area (Å²) in [6.07, 6.45) is 2.70. The Hall–Kier alpha value is -3.57. The fourth-order valence-corrected chi connectivity index (χ4v) is 4.52. The highest BCUT2D eigenvalue weighted by molar-refractivity contribution is 5.81. The average molecular weight is 465 g/mol. The molecule has 1 aliphatic heterocycles. The minimum atomic E-state index is -0.695. The van der Waals surface area contributed by atoms with Crippen LogP contribution in [0.25, 0.3) is 27.2 Å². The summed E-state index contributed by atoms with van der Waals surface area (Å²) in [5.74, 6) is -0.558. The molecule has 34 heavy (non-hydrogen) atoms. The second-order valence-corrected chi connectivity index (χ2v) is 8.62. The van der Waals surface area contributed by atoms with E-state index in [1.54, 1.807) is 19.2 Å². The topological polar surface area (TPSA) is 51.7 Å². The number of rotatable bonds is 4. The molecule has 1 saturated heterocycles. The zero-order chi connectivity index (χ0) is 24.4. The van der Waals surface area contributed by atoms with Crippen molar-refractivity contribution < 1.29 is 13.5 Å². The number of methoxy groups -OCH3 is 1. The van der Waals surface area contributed by atoms with Crippen LogP contribution in [0.4, 0.5) is 14.5 Å². The minimum Gasteiger partial charge on any atom is -0.494 e. The third-order valence-corrected chi connectivity index (χ3v) is 6.42. The van der Waals surface area contributed by atoms with Gasteiger partial charge in [0.15, 0.2) is 11.6 Å². The standard InChI is InChI=1S/C26H26F2N4O2/c1-29-21-9-7-18(15-19(21)27)24-23(17-8-10-22(34-4)20(28)14-17)26(33)32(3)25(30-24)16-6-5-12-31(2)13-11-16/h7-10,14-16H,5-6,11-13H2,2-4H3. The third-order valence-electron chi connectivity index (χ3n) is 6.42. The number of hydrogen-bond donors (Lipinski definition) is 0. The van der Waals surface area contributed by atoms with Crippen LogP contribution in [0.3, 0.4) is 0 Å². The fraction of sp³-hybridized carbons (Fsp3) is 0.346. The van der Waals surface area contributed by atoms with Gasteiger partial charge in [0.1, 0.15) is 11.6 Å². The van der Waals surface area contributed by atoms with Gasteiger partial charge in [-0.05, 0) is 63.2 Å². The van der Waals surface area contributed by atoms with Crippen LogP contribution < -0.4 is 10.3 Å². The van der Waals surface area contributed by atoms with Gasteiger partial charge in [-0.3, -0.25) is 9.36 Å². The van der Waals surface area contributed by atoms with Gasteiger partial charge in [-0.15, -0.1) is 0 Å². The van der Waals surface area contributed by atoms with Gasteiger partial charge in [0.25, 0.3) is 5.56 Å². The van der Waals surface area contributed by atoms with Gasteiger partial charge in [-0.1, -0.05) is 18.2 Å². The molecule has 1 aliphatic rings. The van der Waals surface area contributed by atoms with Crippen molar-refractivity contribution in [1.82, 2.24) is 14.5 Å². The molecule has 0 aliphatic carbocycles. The van der Waals surface area contributed by atoms with Crippen LogP contribution in [0.15, 0.2) is 41.2 Å². The molecule has 0 bridgehead atoms. The molecule has 2 aromatic carbocycles. The van der Waals surface area contributed by atoms with E-state index in [1.807, 2.05) is 0 Å². The molecule has 1 aromatic heterocycles. The third kappa shape index (κ3) is 4.44. The Morgan fingerprint density at radius 3 is 2.47 bits per heavy atom. The first-order valence-electron chi connectivity index (χ1n) is 11.1. The Labute approximate surface area is 197 Å². The summed E-state index contributed by atoms with van der Waals surface area (Å²) < 4.78 is 35.7. The zero-order valence-electron chi connectivity index (χ0n) is 19.4. The Kier molecular flexibility index (Phi) is 6.75. The number of halogens is 2.